The van der Waals surface area contributed by atoms with E-state index < -0.39 is 0 Å². The van der Waals surface area contributed by atoms with Gasteiger partial charge in [-0.15, -0.1) is 0 Å². The van der Waals surface area contributed by atoms with Crippen LogP contribution in [0.1, 0.15) is 29.5 Å². The van der Waals surface area contributed by atoms with Gasteiger partial charge in [0.15, 0.2) is 0 Å². The second-order valence-electron chi connectivity index (χ2n) is 6.00. The van der Waals surface area contributed by atoms with Gasteiger partial charge in [0.05, 0.1) is 11.0 Å². The highest BCUT2D eigenvalue weighted by Gasteiger charge is 2.40. The normalized spacial score (nSPS) is 24.7. The summed E-state index contributed by atoms with van der Waals surface area (Å²) in [4.78, 5) is 11.1. The van der Waals surface area contributed by atoms with Crippen LogP contribution in [0.15, 0.2) is 59.1 Å². The summed E-state index contributed by atoms with van der Waals surface area (Å²) in [6.45, 7) is 0. The van der Waals surface area contributed by atoms with E-state index in [1.54, 1.807) is 12.1 Å². The first-order chi connectivity index (χ1) is 11.2. The Morgan fingerprint density at radius 3 is 2.70 bits per heavy atom. The number of nitrogens with one attached hydrogen (secondary N) is 1. The maximum atomic E-state index is 11.4. The Morgan fingerprint density at radius 1 is 1.13 bits per heavy atom. The van der Waals surface area contributed by atoms with Crippen molar-refractivity contribution in [3.05, 3.63) is 80.3 Å². The van der Waals surface area contributed by atoms with E-state index in [1.807, 2.05) is 24.3 Å². The van der Waals surface area contributed by atoms with E-state index in [2.05, 4.69) is 39.5 Å². The molecular formula is C18H15BrN2O2. The molecule has 1 N–H and O–H groups in total. The number of halogens is 1. The predicted molar refractivity (Wildman–Crippen MR) is 93.6 cm³/mol. The molecule has 1 heterocycles. The standard InChI is InChI=1S/C18H15BrN2O2/c19-15-9-2-1-5-14(15)17-12-7-3-6-11(12)13-8-4-10-16(21(22)23)18(13)20-17/h1-6,8-12,17,20H,7H2. The van der Waals surface area contributed by atoms with Crippen molar-refractivity contribution < 1.29 is 4.92 Å². The van der Waals surface area contributed by atoms with Gasteiger partial charge in [-0.2, -0.15) is 0 Å². The molecule has 2 aliphatic rings. The molecule has 5 heteroatoms. The Balaban J connectivity index is 1.87. The first kappa shape index (κ1) is 14.5. The number of rotatable bonds is 2. The summed E-state index contributed by atoms with van der Waals surface area (Å²) in [6.07, 6.45) is 5.36. The topological polar surface area (TPSA) is 55.2 Å². The Bertz CT molecular complexity index is 818. The van der Waals surface area contributed by atoms with Crippen molar-refractivity contribution in [3.8, 4) is 0 Å². The SMILES string of the molecule is O=[N+]([O-])c1cccc2c1NC(c1ccccc1Br)C1CC=CC21. The minimum absolute atomic E-state index is 0.0548. The Labute approximate surface area is 142 Å². The molecule has 0 aromatic heterocycles. The van der Waals surface area contributed by atoms with Crippen LogP contribution in [0.25, 0.3) is 0 Å². The first-order valence-electron chi connectivity index (χ1n) is 7.61. The predicted octanol–water partition coefficient (Wildman–Crippen LogP) is 5.18. The summed E-state index contributed by atoms with van der Waals surface area (Å²) in [5, 5.41) is 14.9. The number of hydrogen-bond acceptors (Lipinski definition) is 3. The number of allylic oxidation sites excluding steroid dienone is 2. The number of nitrogens with zero attached hydrogens (tertiary/aromatic N) is 1. The van der Waals surface area contributed by atoms with Gasteiger partial charge in [-0.1, -0.05) is 58.4 Å². The highest BCUT2D eigenvalue weighted by Crippen LogP contribution is 2.52. The molecule has 0 amide bonds. The minimum Gasteiger partial charge on any atom is -0.372 e. The van der Waals surface area contributed by atoms with E-state index >= 15 is 0 Å². The monoisotopic (exact) mass is 370 g/mol. The lowest BCUT2D eigenvalue weighted by Crippen LogP contribution is -2.29. The van der Waals surface area contributed by atoms with Crippen LogP contribution in [0.3, 0.4) is 0 Å². The summed E-state index contributed by atoms with van der Waals surface area (Å²) in [6, 6.07) is 13.5. The number of anilines is 1. The van der Waals surface area contributed by atoms with Crippen LogP contribution in [0.2, 0.25) is 0 Å². The molecule has 0 radical (unpaired) electrons. The fraction of sp³-hybridized carbons (Fsp3) is 0.222. The van der Waals surface area contributed by atoms with E-state index in [-0.39, 0.29) is 22.6 Å². The molecule has 1 aliphatic heterocycles. The molecule has 0 saturated heterocycles. The van der Waals surface area contributed by atoms with Crippen molar-refractivity contribution in [1.82, 2.24) is 0 Å². The third-order valence-corrected chi connectivity index (χ3v) is 5.53. The molecule has 4 nitrogen and oxygen atoms in total. The van der Waals surface area contributed by atoms with Gasteiger partial charge in [0, 0.05) is 16.5 Å². The number of fused-ring (bicyclic) bond motifs is 3. The van der Waals surface area contributed by atoms with Gasteiger partial charge in [-0.3, -0.25) is 10.1 Å². The molecule has 2 aromatic carbocycles. The van der Waals surface area contributed by atoms with Gasteiger partial charge < -0.3 is 5.32 Å². The summed E-state index contributed by atoms with van der Waals surface area (Å²) in [5.41, 5.74) is 2.99. The Hall–Kier alpha value is -2.14. The van der Waals surface area contributed by atoms with Gasteiger partial charge in [0.1, 0.15) is 5.69 Å². The van der Waals surface area contributed by atoms with Crippen molar-refractivity contribution in [2.75, 3.05) is 5.32 Å². The summed E-state index contributed by atoms with van der Waals surface area (Å²) < 4.78 is 1.03. The third kappa shape index (κ3) is 2.27. The van der Waals surface area contributed by atoms with Crippen LogP contribution in [0, 0.1) is 16.0 Å². The molecule has 0 fully saturated rings. The van der Waals surface area contributed by atoms with E-state index in [0.717, 1.165) is 22.0 Å². The molecule has 23 heavy (non-hydrogen) atoms. The Morgan fingerprint density at radius 2 is 1.91 bits per heavy atom. The fourth-order valence-corrected chi connectivity index (χ4v) is 4.32. The lowest BCUT2D eigenvalue weighted by atomic mass is 9.77. The van der Waals surface area contributed by atoms with Gasteiger partial charge in [-0.05, 0) is 29.5 Å². The molecule has 3 unspecified atom stereocenters. The van der Waals surface area contributed by atoms with E-state index in [0.29, 0.717) is 11.6 Å². The molecule has 116 valence electrons. The zero-order chi connectivity index (χ0) is 16.0. The lowest BCUT2D eigenvalue weighted by molar-refractivity contribution is -0.384. The van der Waals surface area contributed by atoms with Crippen molar-refractivity contribution >= 4 is 27.3 Å². The fourth-order valence-electron chi connectivity index (χ4n) is 3.79. The molecule has 0 spiro atoms. The van der Waals surface area contributed by atoms with Gasteiger partial charge >= 0.3 is 0 Å². The van der Waals surface area contributed by atoms with E-state index in [4.69, 9.17) is 0 Å². The Kier molecular flexibility index (Phi) is 3.45. The molecule has 1 aliphatic carbocycles. The van der Waals surface area contributed by atoms with Crippen LogP contribution in [-0.4, -0.2) is 4.92 Å². The lowest BCUT2D eigenvalue weighted by Gasteiger charge is -2.37. The molecule has 0 saturated carbocycles. The third-order valence-electron chi connectivity index (χ3n) is 4.81. The van der Waals surface area contributed by atoms with Crippen LogP contribution in [-0.2, 0) is 0 Å². The highest BCUT2D eigenvalue weighted by atomic mass is 79.9. The van der Waals surface area contributed by atoms with Crippen molar-refractivity contribution in [3.63, 3.8) is 0 Å². The number of nitro benzene ring substituents is 1. The van der Waals surface area contributed by atoms with Crippen molar-refractivity contribution in [2.24, 2.45) is 5.92 Å². The van der Waals surface area contributed by atoms with Crippen LogP contribution < -0.4 is 5.32 Å². The summed E-state index contributed by atoms with van der Waals surface area (Å²) in [5.74, 6) is 0.603. The second-order valence-corrected chi connectivity index (χ2v) is 6.85. The average Bonchev–Trinajstić information content (AvgIpc) is 3.04. The second kappa shape index (κ2) is 5.49. The minimum atomic E-state index is -0.304. The maximum Gasteiger partial charge on any atom is 0.292 e. The van der Waals surface area contributed by atoms with Crippen molar-refractivity contribution in [1.29, 1.82) is 0 Å². The first-order valence-corrected chi connectivity index (χ1v) is 8.41. The molecule has 0 bridgehead atoms. The molecule has 2 aromatic rings. The van der Waals surface area contributed by atoms with Crippen LogP contribution >= 0.6 is 15.9 Å². The van der Waals surface area contributed by atoms with E-state index in [9.17, 15) is 10.1 Å². The van der Waals surface area contributed by atoms with E-state index in [1.165, 1.54) is 0 Å². The number of benzene rings is 2. The van der Waals surface area contributed by atoms with Gasteiger partial charge in [0.2, 0.25) is 0 Å². The number of para-hydroxylation sites is 1. The van der Waals surface area contributed by atoms with Crippen LogP contribution in [0.5, 0.6) is 0 Å². The average molecular weight is 371 g/mol. The molecule has 3 atom stereocenters. The van der Waals surface area contributed by atoms with Crippen LogP contribution in [0.4, 0.5) is 11.4 Å². The quantitative estimate of drug-likeness (QED) is 0.449. The highest BCUT2D eigenvalue weighted by molar-refractivity contribution is 9.10. The largest absolute Gasteiger partial charge is 0.372 e. The summed E-state index contributed by atoms with van der Waals surface area (Å²) >= 11 is 3.62. The summed E-state index contributed by atoms with van der Waals surface area (Å²) in [7, 11) is 0. The zero-order valence-electron chi connectivity index (χ0n) is 12.3. The molecule has 4 rings (SSSR count). The van der Waals surface area contributed by atoms with Gasteiger partial charge in [-0.25, -0.2) is 0 Å². The van der Waals surface area contributed by atoms with Crippen molar-refractivity contribution in [2.45, 2.75) is 18.4 Å². The molecular weight excluding hydrogens is 356 g/mol. The zero-order valence-corrected chi connectivity index (χ0v) is 13.9. The van der Waals surface area contributed by atoms with Gasteiger partial charge in [0.25, 0.3) is 5.69 Å². The number of nitro groups is 1. The number of hydrogen-bond donors (Lipinski definition) is 1. The smallest absolute Gasteiger partial charge is 0.292 e. The maximum absolute atomic E-state index is 11.4.